The second kappa shape index (κ2) is 4.31. The molecule has 1 aromatic rings. The van der Waals surface area contributed by atoms with E-state index in [9.17, 15) is 0 Å². The average molecular weight is 193 g/mol. The van der Waals surface area contributed by atoms with Gasteiger partial charge in [0.1, 0.15) is 0 Å². The van der Waals surface area contributed by atoms with Gasteiger partial charge in [-0.3, -0.25) is 4.98 Å². The molecule has 0 amide bonds. The molecule has 0 aliphatic rings. The van der Waals surface area contributed by atoms with Gasteiger partial charge in [-0.1, -0.05) is 6.92 Å². The summed E-state index contributed by atoms with van der Waals surface area (Å²) in [5.41, 5.74) is 2.21. The summed E-state index contributed by atoms with van der Waals surface area (Å²) in [6.07, 6.45) is 4.74. The monoisotopic (exact) mass is 193 g/mol. The van der Waals surface area contributed by atoms with E-state index in [1.54, 1.807) is 0 Å². The van der Waals surface area contributed by atoms with Gasteiger partial charge in [-0.15, -0.1) is 0 Å². The first kappa shape index (κ1) is 10.8. The predicted octanol–water partition coefficient (Wildman–Crippen LogP) is 2.72. The standard InChI is InChI=1S/C11H19N3/c1-5-11(2,3)14-10-6-9(12-4)7-13-8-10/h6-8,12,14H,5H2,1-4H3. The van der Waals surface area contributed by atoms with E-state index in [1.807, 2.05) is 19.4 Å². The van der Waals surface area contributed by atoms with E-state index in [2.05, 4.69) is 42.5 Å². The Balaban J connectivity index is 2.76. The summed E-state index contributed by atoms with van der Waals surface area (Å²) >= 11 is 0. The quantitative estimate of drug-likeness (QED) is 0.772. The number of pyridine rings is 1. The van der Waals surface area contributed by atoms with Crippen molar-refractivity contribution >= 4 is 11.4 Å². The summed E-state index contributed by atoms with van der Waals surface area (Å²) in [5, 5.41) is 6.51. The summed E-state index contributed by atoms with van der Waals surface area (Å²) in [4.78, 5) is 4.15. The number of nitrogens with zero attached hydrogens (tertiary/aromatic N) is 1. The van der Waals surface area contributed by atoms with Crippen molar-refractivity contribution in [3.8, 4) is 0 Å². The molecule has 0 fully saturated rings. The van der Waals surface area contributed by atoms with Crippen LogP contribution in [0.5, 0.6) is 0 Å². The molecule has 1 aromatic heterocycles. The van der Waals surface area contributed by atoms with Gasteiger partial charge in [-0.2, -0.15) is 0 Å². The number of hydrogen-bond acceptors (Lipinski definition) is 3. The molecular formula is C11H19N3. The molecule has 78 valence electrons. The van der Waals surface area contributed by atoms with E-state index < -0.39 is 0 Å². The molecular weight excluding hydrogens is 174 g/mol. The maximum absolute atomic E-state index is 4.15. The fourth-order valence-corrected chi connectivity index (χ4v) is 1.12. The average Bonchev–Trinajstić information content (AvgIpc) is 2.17. The second-order valence-corrected chi connectivity index (χ2v) is 4.07. The van der Waals surface area contributed by atoms with Gasteiger partial charge in [0.2, 0.25) is 0 Å². The van der Waals surface area contributed by atoms with Crippen molar-refractivity contribution in [3.05, 3.63) is 18.5 Å². The minimum absolute atomic E-state index is 0.119. The van der Waals surface area contributed by atoms with E-state index in [0.29, 0.717) is 0 Å². The molecule has 2 N–H and O–H groups in total. The third-order valence-electron chi connectivity index (χ3n) is 2.39. The van der Waals surface area contributed by atoms with E-state index in [4.69, 9.17) is 0 Å². The Morgan fingerprint density at radius 1 is 1.29 bits per heavy atom. The highest BCUT2D eigenvalue weighted by molar-refractivity contribution is 5.54. The zero-order valence-corrected chi connectivity index (χ0v) is 9.39. The third kappa shape index (κ3) is 2.91. The van der Waals surface area contributed by atoms with Crippen LogP contribution in [0, 0.1) is 0 Å². The van der Waals surface area contributed by atoms with Crippen molar-refractivity contribution in [2.24, 2.45) is 0 Å². The minimum atomic E-state index is 0.119. The van der Waals surface area contributed by atoms with Gasteiger partial charge < -0.3 is 10.6 Å². The maximum Gasteiger partial charge on any atom is 0.0551 e. The Labute approximate surface area is 85.9 Å². The fraction of sp³-hybridized carbons (Fsp3) is 0.545. The molecule has 3 heteroatoms. The van der Waals surface area contributed by atoms with Gasteiger partial charge in [-0.25, -0.2) is 0 Å². The topological polar surface area (TPSA) is 37.0 Å². The molecule has 14 heavy (non-hydrogen) atoms. The van der Waals surface area contributed by atoms with Crippen molar-refractivity contribution in [2.75, 3.05) is 17.7 Å². The van der Waals surface area contributed by atoms with Crippen LogP contribution >= 0.6 is 0 Å². The SMILES string of the molecule is CCC(C)(C)Nc1cncc(NC)c1. The van der Waals surface area contributed by atoms with Gasteiger partial charge in [-0.05, 0) is 26.3 Å². The van der Waals surface area contributed by atoms with Crippen LogP contribution in [-0.2, 0) is 0 Å². The summed E-state index contributed by atoms with van der Waals surface area (Å²) in [5.74, 6) is 0. The lowest BCUT2D eigenvalue weighted by Crippen LogP contribution is -2.29. The van der Waals surface area contributed by atoms with Crippen LogP contribution in [0.15, 0.2) is 18.5 Å². The first-order valence-electron chi connectivity index (χ1n) is 4.98. The summed E-state index contributed by atoms with van der Waals surface area (Å²) in [7, 11) is 1.89. The number of anilines is 2. The smallest absolute Gasteiger partial charge is 0.0551 e. The van der Waals surface area contributed by atoms with Crippen molar-refractivity contribution in [3.63, 3.8) is 0 Å². The molecule has 0 saturated carbocycles. The van der Waals surface area contributed by atoms with Crippen LogP contribution in [0.4, 0.5) is 11.4 Å². The molecule has 3 nitrogen and oxygen atoms in total. The predicted molar refractivity (Wildman–Crippen MR) is 61.8 cm³/mol. The van der Waals surface area contributed by atoms with Crippen molar-refractivity contribution < 1.29 is 0 Å². The number of rotatable bonds is 4. The zero-order valence-electron chi connectivity index (χ0n) is 9.39. The van der Waals surface area contributed by atoms with Gasteiger partial charge in [0, 0.05) is 12.6 Å². The summed E-state index contributed by atoms with van der Waals surface area (Å²) in [6.45, 7) is 6.53. The van der Waals surface area contributed by atoms with Gasteiger partial charge in [0.05, 0.1) is 23.8 Å². The van der Waals surface area contributed by atoms with Gasteiger partial charge >= 0.3 is 0 Å². The molecule has 0 atom stereocenters. The molecule has 0 spiro atoms. The summed E-state index contributed by atoms with van der Waals surface area (Å²) < 4.78 is 0. The number of nitrogens with one attached hydrogen (secondary N) is 2. The molecule has 0 aromatic carbocycles. The molecule has 0 bridgehead atoms. The van der Waals surface area contributed by atoms with Crippen molar-refractivity contribution in [1.29, 1.82) is 0 Å². The van der Waals surface area contributed by atoms with Crippen LogP contribution in [0.1, 0.15) is 27.2 Å². The number of aromatic nitrogens is 1. The van der Waals surface area contributed by atoms with E-state index in [1.165, 1.54) is 0 Å². The molecule has 1 rings (SSSR count). The van der Waals surface area contributed by atoms with Crippen LogP contribution in [0.2, 0.25) is 0 Å². The molecule has 1 heterocycles. The lowest BCUT2D eigenvalue weighted by atomic mass is 10.0. The van der Waals surface area contributed by atoms with Crippen LogP contribution < -0.4 is 10.6 Å². The van der Waals surface area contributed by atoms with Crippen LogP contribution in [-0.4, -0.2) is 17.6 Å². The van der Waals surface area contributed by atoms with E-state index >= 15 is 0 Å². The van der Waals surface area contributed by atoms with Gasteiger partial charge in [0.15, 0.2) is 0 Å². The highest BCUT2D eigenvalue weighted by atomic mass is 15.0. The van der Waals surface area contributed by atoms with E-state index in [0.717, 1.165) is 17.8 Å². The van der Waals surface area contributed by atoms with Crippen LogP contribution in [0.25, 0.3) is 0 Å². The Morgan fingerprint density at radius 2 is 1.93 bits per heavy atom. The number of hydrogen-bond donors (Lipinski definition) is 2. The van der Waals surface area contributed by atoms with Crippen molar-refractivity contribution in [1.82, 2.24) is 4.98 Å². The lowest BCUT2D eigenvalue weighted by Gasteiger charge is -2.25. The van der Waals surface area contributed by atoms with Crippen molar-refractivity contribution in [2.45, 2.75) is 32.7 Å². The first-order valence-corrected chi connectivity index (χ1v) is 4.98. The molecule has 0 radical (unpaired) electrons. The lowest BCUT2D eigenvalue weighted by molar-refractivity contribution is 0.547. The highest BCUT2D eigenvalue weighted by Gasteiger charge is 2.14. The second-order valence-electron chi connectivity index (χ2n) is 4.07. The Hall–Kier alpha value is -1.25. The highest BCUT2D eigenvalue weighted by Crippen LogP contribution is 2.19. The fourth-order valence-electron chi connectivity index (χ4n) is 1.12. The van der Waals surface area contributed by atoms with Gasteiger partial charge in [0.25, 0.3) is 0 Å². The zero-order chi connectivity index (χ0) is 10.6. The normalized spacial score (nSPS) is 11.1. The third-order valence-corrected chi connectivity index (χ3v) is 2.39. The minimum Gasteiger partial charge on any atom is -0.387 e. The molecule has 0 unspecified atom stereocenters. The maximum atomic E-state index is 4.15. The first-order chi connectivity index (χ1) is 6.57. The largest absolute Gasteiger partial charge is 0.387 e. The molecule has 0 aliphatic heterocycles. The molecule has 0 saturated heterocycles. The van der Waals surface area contributed by atoms with Crippen LogP contribution in [0.3, 0.4) is 0 Å². The Morgan fingerprint density at radius 3 is 2.50 bits per heavy atom. The Bertz CT molecular complexity index is 294. The molecule has 0 aliphatic carbocycles. The summed E-state index contributed by atoms with van der Waals surface area (Å²) in [6, 6.07) is 2.06. The Kier molecular flexibility index (Phi) is 3.33. The van der Waals surface area contributed by atoms with E-state index in [-0.39, 0.29) is 5.54 Å².